The summed E-state index contributed by atoms with van der Waals surface area (Å²) in [6.45, 7) is 4.25. The Morgan fingerprint density at radius 1 is 1.36 bits per heavy atom. The first-order valence-corrected chi connectivity index (χ1v) is 7.84. The zero-order valence-corrected chi connectivity index (χ0v) is 15.9. The molecule has 138 valence electrons. The van der Waals surface area contributed by atoms with Gasteiger partial charge in [-0.1, -0.05) is 6.92 Å². The molecule has 1 aliphatic heterocycles. The normalized spacial score (nSPS) is 14.5. The number of nitrogens with zero attached hydrogens (tertiary/aromatic N) is 2. The van der Waals surface area contributed by atoms with E-state index in [4.69, 9.17) is 4.74 Å². The highest BCUT2D eigenvalue weighted by Gasteiger charge is 2.28. The standard InChI is InChI=1S/C17H22N4O2.2ClH/c1-12(13-9-18-10-13)17(22)20-14-3-5-15(6-4-14)23-11-16-19-7-8-21(16)2;;/h3-8,12-13,18H,9-11H2,1-2H3,(H,20,22);2*1H. The number of carbonyl (C=O) groups excluding carboxylic acids is 1. The van der Waals surface area contributed by atoms with Crippen molar-refractivity contribution in [2.45, 2.75) is 13.5 Å². The van der Waals surface area contributed by atoms with Crippen molar-refractivity contribution in [2.24, 2.45) is 18.9 Å². The van der Waals surface area contributed by atoms with Crippen molar-refractivity contribution >= 4 is 36.4 Å². The van der Waals surface area contributed by atoms with Crippen LogP contribution in [0.2, 0.25) is 0 Å². The summed E-state index contributed by atoms with van der Waals surface area (Å²) in [5.74, 6) is 2.15. The van der Waals surface area contributed by atoms with E-state index in [0.29, 0.717) is 12.5 Å². The lowest BCUT2D eigenvalue weighted by atomic mass is 9.88. The van der Waals surface area contributed by atoms with Crippen molar-refractivity contribution in [3.63, 3.8) is 0 Å². The van der Waals surface area contributed by atoms with E-state index in [0.717, 1.165) is 30.4 Å². The molecule has 0 saturated carbocycles. The van der Waals surface area contributed by atoms with Gasteiger partial charge in [0.25, 0.3) is 0 Å². The SMILES string of the molecule is CC(C(=O)Nc1ccc(OCc2nccn2C)cc1)C1CNC1.Cl.Cl. The molecule has 2 heterocycles. The van der Waals surface area contributed by atoms with Gasteiger partial charge in [-0.2, -0.15) is 0 Å². The summed E-state index contributed by atoms with van der Waals surface area (Å²) in [6.07, 6.45) is 3.63. The number of hydrogen-bond acceptors (Lipinski definition) is 4. The van der Waals surface area contributed by atoms with Gasteiger partial charge in [0.2, 0.25) is 5.91 Å². The van der Waals surface area contributed by atoms with Crippen LogP contribution in [-0.4, -0.2) is 28.5 Å². The molecule has 1 atom stereocenters. The van der Waals surface area contributed by atoms with E-state index >= 15 is 0 Å². The first-order chi connectivity index (χ1) is 11.1. The van der Waals surface area contributed by atoms with Crippen LogP contribution in [0.5, 0.6) is 5.75 Å². The predicted octanol–water partition coefficient (Wildman–Crippen LogP) is 2.64. The molecule has 0 aliphatic carbocycles. The molecule has 8 heteroatoms. The van der Waals surface area contributed by atoms with E-state index in [1.165, 1.54) is 0 Å². The molecule has 1 saturated heterocycles. The van der Waals surface area contributed by atoms with Crippen LogP contribution in [-0.2, 0) is 18.4 Å². The van der Waals surface area contributed by atoms with Gasteiger partial charge in [0, 0.05) is 31.0 Å². The maximum Gasteiger partial charge on any atom is 0.227 e. The average Bonchev–Trinajstić information content (AvgIpc) is 2.90. The van der Waals surface area contributed by atoms with E-state index in [2.05, 4.69) is 15.6 Å². The second kappa shape index (κ2) is 9.65. The van der Waals surface area contributed by atoms with Gasteiger partial charge in [-0.15, -0.1) is 24.8 Å². The third-order valence-electron chi connectivity index (χ3n) is 4.34. The number of benzene rings is 1. The molecule has 0 bridgehead atoms. The maximum atomic E-state index is 12.2. The number of amides is 1. The number of imidazole rings is 1. The molecule has 1 aromatic carbocycles. The van der Waals surface area contributed by atoms with Crippen LogP contribution < -0.4 is 15.4 Å². The molecule has 6 nitrogen and oxygen atoms in total. The Kier molecular flexibility index (Phi) is 8.22. The zero-order valence-electron chi connectivity index (χ0n) is 14.3. The van der Waals surface area contributed by atoms with Crippen LogP contribution >= 0.6 is 24.8 Å². The van der Waals surface area contributed by atoms with E-state index in [1.807, 2.05) is 49.0 Å². The Morgan fingerprint density at radius 2 is 2.04 bits per heavy atom. The summed E-state index contributed by atoms with van der Waals surface area (Å²) >= 11 is 0. The molecule has 2 aromatic rings. The molecule has 0 spiro atoms. The molecule has 1 aliphatic rings. The van der Waals surface area contributed by atoms with E-state index in [-0.39, 0.29) is 36.6 Å². The van der Waals surface area contributed by atoms with Crippen molar-refractivity contribution in [1.29, 1.82) is 0 Å². The predicted molar refractivity (Wildman–Crippen MR) is 103 cm³/mol. The van der Waals surface area contributed by atoms with Crippen molar-refractivity contribution in [1.82, 2.24) is 14.9 Å². The summed E-state index contributed by atoms with van der Waals surface area (Å²) in [4.78, 5) is 16.4. The van der Waals surface area contributed by atoms with Crippen LogP contribution in [0.25, 0.3) is 0 Å². The highest BCUT2D eigenvalue weighted by molar-refractivity contribution is 5.92. The molecule has 2 N–H and O–H groups in total. The minimum absolute atomic E-state index is 0. The quantitative estimate of drug-likeness (QED) is 0.800. The van der Waals surface area contributed by atoms with Crippen molar-refractivity contribution < 1.29 is 9.53 Å². The lowest BCUT2D eigenvalue weighted by Crippen LogP contribution is -2.48. The van der Waals surface area contributed by atoms with Gasteiger partial charge in [-0.25, -0.2) is 4.98 Å². The molecule has 1 amide bonds. The molecule has 25 heavy (non-hydrogen) atoms. The number of carbonyl (C=O) groups is 1. The Morgan fingerprint density at radius 3 is 2.56 bits per heavy atom. The number of halogens is 2. The van der Waals surface area contributed by atoms with Crippen LogP contribution in [0.15, 0.2) is 36.7 Å². The first-order valence-electron chi connectivity index (χ1n) is 7.84. The third kappa shape index (κ3) is 5.36. The maximum absolute atomic E-state index is 12.2. The van der Waals surface area contributed by atoms with E-state index in [9.17, 15) is 4.79 Å². The number of rotatable bonds is 6. The van der Waals surface area contributed by atoms with E-state index < -0.39 is 0 Å². The van der Waals surface area contributed by atoms with Gasteiger partial charge in [-0.05, 0) is 43.3 Å². The molecule has 1 aromatic heterocycles. The lowest BCUT2D eigenvalue weighted by Gasteiger charge is -2.31. The van der Waals surface area contributed by atoms with Gasteiger partial charge in [0.05, 0.1) is 0 Å². The summed E-state index contributed by atoms with van der Waals surface area (Å²) in [6, 6.07) is 7.43. The van der Waals surface area contributed by atoms with E-state index in [1.54, 1.807) is 6.20 Å². The van der Waals surface area contributed by atoms with Crippen molar-refractivity contribution in [3.8, 4) is 5.75 Å². The lowest BCUT2D eigenvalue weighted by molar-refractivity contribution is -0.121. The third-order valence-corrected chi connectivity index (χ3v) is 4.34. The van der Waals surface area contributed by atoms with Gasteiger partial charge in [-0.3, -0.25) is 4.79 Å². The van der Waals surface area contributed by atoms with Crippen LogP contribution in [0.3, 0.4) is 0 Å². The Bertz CT molecular complexity index is 672. The number of aromatic nitrogens is 2. The molecule has 3 rings (SSSR count). The summed E-state index contributed by atoms with van der Waals surface area (Å²) in [5.41, 5.74) is 0.790. The van der Waals surface area contributed by atoms with Crippen LogP contribution in [0.1, 0.15) is 12.7 Å². The highest BCUT2D eigenvalue weighted by Crippen LogP contribution is 2.20. The monoisotopic (exact) mass is 386 g/mol. The van der Waals surface area contributed by atoms with Crippen LogP contribution in [0.4, 0.5) is 5.69 Å². The second-order valence-electron chi connectivity index (χ2n) is 5.96. The van der Waals surface area contributed by atoms with Gasteiger partial charge >= 0.3 is 0 Å². The fraction of sp³-hybridized carbons (Fsp3) is 0.412. The van der Waals surface area contributed by atoms with Gasteiger partial charge in [0.15, 0.2) is 0 Å². The van der Waals surface area contributed by atoms with Gasteiger partial charge in [0.1, 0.15) is 18.2 Å². The average molecular weight is 387 g/mol. The molecular weight excluding hydrogens is 363 g/mol. The number of aryl methyl sites for hydroxylation is 1. The first kappa shape index (κ1) is 21.3. The summed E-state index contributed by atoms with van der Waals surface area (Å²) < 4.78 is 7.62. The second-order valence-corrected chi connectivity index (χ2v) is 5.96. The Hall–Kier alpha value is -1.76. The number of nitrogens with one attached hydrogen (secondary N) is 2. The molecule has 1 fully saturated rings. The fourth-order valence-corrected chi connectivity index (χ4v) is 2.45. The topological polar surface area (TPSA) is 68.2 Å². The van der Waals surface area contributed by atoms with Gasteiger partial charge < -0.3 is 19.9 Å². The van der Waals surface area contributed by atoms with Crippen molar-refractivity contribution in [2.75, 3.05) is 18.4 Å². The minimum atomic E-state index is 0. The number of ether oxygens (including phenoxy) is 1. The minimum Gasteiger partial charge on any atom is -0.486 e. The molecule has 0 radical (unpaired) electrons. The summed E-state index contributed by atoms with van der Waals surface area (Å²) in [7, 11) is 1.93. The number of anilines is 1. The fourth-order valence-electron chi connectivity index (χ4n) is 2.45. The summed E-state index contributed by atoms with van der Waals surface area (Å²) in [5, 5.41) is 6.15. The smallest absolute Gasteiger partial charge is 0.227 e. The zero-order chi connectivity index (χ0) is 16.2. The van der Waals surface area contributed by atoms with Crippen molar-refractivity contribution in [3.05, 3.63) is 42.5 Å². The Balaban J connectivity index is 0.00000156. The largest absolute Gasteiger partial charge is 0.486 e. The molecule has 1 unspecified atom stereocenters. The highest BCUT2D eigenvalue weighted by atomic mass is 35.5. The number of hydrogen-bond donors (Lipinski definition) is 2. The Labute approximate surface area is 160 Å². The molecular formula is C17H24Cl2N4O2. The van der Waals surface area contributed by atoms with Crippen LogP contribution in [0, 0.1) is 11.8 Å².